The van der Waals surface area contributed by atoms with E-state index in [1.54, 1.807) is 24.3 Å². The lowest BCUT2D eigenvalue weighted by Crippen LogP contribution is -2.27. The third kappa shape index (κ3) is 2.91. The van der Waals surface area contributed by atoms with Crippen LogP contribution in [-0.4, -0.2) is 18.0 Å². The van der Waals surface area contributed by atoms with E-state index in [0.29, 0.717) is 0 Å². The predicted molar refractivity (Wildman–Crippen MR) is 85.3 cm³/mol. The Morgan fingerprint density at radius 2 is 1.81 bits per heavy atom. The van der Waals surface area contributed by atoms with Crippen molar-refractivity contribution in [2.75, 3.05) is 18.0 Å². The van der Waals surface area contributed by atoms with E-state index < -0.39 is 0 Å². The lowest BCUT2D eigenvalue weighted by atomic mass is 10.1. The van der Waals surface area contributed by atoms with Crippen molar-refractivity contribution in [3.63, 3.8) is 0 Å². The van der Waals surface area contributed by atoms with Crippen LogP contribution in [0.25, 0.3) is 0 Å². The summed E-state index contributed by atoms with van der Waals surface area (Å²) in [6.45, 7) is 1.76. The van der Waals surface area contributed by atoms with Gasteiger partial charge in [0.1, 0.15) is 6.17 Å². The fourth-order valence-electron chi connectivity index (χ4n) is 2.55. The average molecular weight is 348 g/mol. The molecule has 21 heavy (non-hydrogen) atoms. The molecule has 1 aliphatic rings. The van der Waals surface area contributed by atoms with Crippen molar-refractivity contribution in [3.05, 3.63) is 68.7 Å². The van der Waals surface area contributed by atoms with Gasteiger partial charge in [0.2, 0.25) is 0 Å². The summed E-state index contributed by atoms with van der Waals surface area (Å²) in [6.07, 6.45) is 0.0968. The predicted octanol–water partition coefficient (Wildman–Crippen LogP) is 3.47. The monoisotopic (exact) mass is 347 g/mol. The summed E-state index contributed by atoms with van der Waals surface area (Å²) in [4.78, 5) is 12.6. The Hall–Kier alpha value is -1.92. The number of benzene rings is 2. The first-order valence-corrected chi connectivity index (χ1v) is 7.44. The quantitative estimate of drug-likeness (QED) is 0.682. The van der Waals surface area contributed by atoms with Crippen LogP contribution in [0.2, 0.25) is 0 Å². The minimum atomic E-state index is -0.377. The van der Waals surface area contributed by atoms with Gasteiger partial charge in [0.05, 0.1) is 4.92 Å². The van der Waals surface area contributed by atoms with Gasteiger partial charge < -0.3 is 4.90 Å². The van der Waals surface area contributed by atoms with Gasteiger partial charge in [-0.25, -0.2) is 0 Å². The maximum atomic E-state index is 10.7. The van der Waals surface area contributed by atoms with Gasteiger partial charge in [-0.15, -0.1) is 0 Å². The maximum absolute atomic E-state index is 10.7. The van der Waals surface area contributed by atoms with E-state index in [0.717, 1.165) is 23.2 Å². The van der Waals surface area contributed by atoms with E-state index in [1.165, 1.54) is 5.56 Å². The number of halogens is 1. The highest BCUT2D eigenvalue weighted by molar-refractivity contribution is 9.10. The Labute approximate surface area is 130 Å². The fraction of sp³-hybridized carbons (Fsp3) is 0.200. The molecule has 1 saturated heterocycles. The molecule has 1 N–H and O–H groups in total. The first-order valence-electron chi connectivity index (χ1n) is 6.65. The van der Waals surface area contributed by atoms with Crippen molar-refractivity contribution < 1.29 is 4.92 Å². The van der Waals surface area contributed by atoms with Crippen LogP contribution in [0.4, 0.5) is 11.4 Å². The number of rotatable bonds is 3. The van der Waals surface area contributed by atoms with Crippen LogP contribution in [0.1, 0.15) is 11.7 Å². The van der Waals surface area contributed by atoms with Gasteiger partial charge in [0.25, 0.3) is 5.69 Å². The summed E-state index contributed by atoms with van der Waals surface area (Å²) in [6, 6.07) is 14.9. The van der Waals surface area contributed by atoms with Crippen LogP contribution in [0.5, 0.6) is 0 Å². The molecule has 1 atom stereocenters. The largest absolute Gasteiger partial charge is 0.351 e. The minimum Gasteiger partial charge on any atom is -0.351 e. The second kappa shape index (κ2) is 5.83. The normalized spacial score (nSPS) is 18.0. The van der Waals surface area contributed by atoms with Crippen LogP contribution in [0.15, 0.2) is 53.0 Å². The Kier molecular flexibility index (Phi) is 3.90. The third-order valence-corrected chi connectivity index (χ3v) is 4.11. The van der Waals surface area contributed by atoms with Gasteiger partial charge in [-0.1, -0.05) is 28.1 Å². The van der Waals surface area contributed by atoms with Crippen LogP contribution >= 0.6 is 15.9 Å². The van der Waals surface area contributed by atoms with E-state index in [-0.39, 0.29) is 16.8 Å². The zero-order valence-electron chi connectivity index (χ0n) is 11.2. The molecule has 3 rings (SSSR count). The molecule has 2 aromatic carbocycles. The molecule has 1 heterocycles. The first kappa shape index (κ1) is 14.0. The van der Waals surface area contributed by atoms with Crippen LogP contribution in [0, 0.1) is 10.1 Å². The lowest BCUT2D eigenvalue weighted by Gasteiger charge is -2.26. The summed E-state index contributed by atoms with van der Waals surface area (Å²) >= 11 is 3.44. The molecule has 2 aromatic rings. The fourth-order valence-corrected chi connectivity index (χ4v) is 2.81. The van der Waals surface area contributed by atoms with Crippen molar-refractivity contribution in [3.8, 4) is 0 Å². The zero-order chi connectivity index (χ0) is 14.8. The Balaban J connectivity index is 1.86. The van der Waals surface area contributed by atoms with Crippen LogP contribution in [0.3, 0.4) is 0 Å². The van der Waals surface area contributed by atoms with Gasteiger partial charge in [0, 0.05) is 35.4 Å². The average Bonchev–Trinajstić information content (AvgIpc) is 2.97. The molecule has 0 bridgehead atoms. The lowest BCUT2D eigenvalue weighted by molar-refractivity contribution is -0.384. The van der Waals surface area contributed by atoms with E-state index in [4.69, 9.17) is 0 Å². The summed E-state index contributed by atoms with van der Waals surface area (Å²) in [5, 5.41) is 14.2. The molecule has 0 radical (unpaired) electrons. The van der Waals surface area contributed by atoms with Gasteiger partial charge in [0.15, 0.2) is 0 Å². The molecular formula is C15H14BrN3O2. The Morgan fingerprint density at radius 3 is 2.43 bits per heavy atom. The molecule has 0 aromatic heterocycles. The van der Waals surface area contributed by atoms with Crippen molar-refractivity contribution in [2.24, 2.45) is 0 Å². The summed E-state index contributed by atoms with van der Waals surface area (Å²) < 4.78 is 1.05. The van der Waals surface area contributed by atoms with E-state index in [2.05, 4.69) is 38.3 Å². The smallest absolute Gasteiger partial charge is 0.269 e. The van der Waals surface area contributed by atoms with Crippen molar-refractivity contribution in [1.29, 1.82) is 0 Å². The number of hydrogen-bond acceptors (Lipinski definition) is 4. The van der Waals surface area contributed by atoms with Gasteiger partial charge in [-0.3, -0.25) is 15.4 Å². The molecule has 0 amide bonds. The molecule has 6 heteroatoms. The molecule has 0 aliphatic carbocycles. The molecule has 1 aliphatic heterocycles. The standard InChI is InChI=1S/C15H14BrN3O2/c16-12-3-1-11(2-4-12)15-17-9-10-18(15)13-5-7-14(8-6-13)19(20)21/h1-8,15,17H,9-10H2. The molecule has 0 saturated carbocycles. The number of nitrogens with zero attached hydrogens (tertiary/aromatic N) is 2. The number of nitro benzene ring substituents is 1. The molecule has 108 valence electrons. The topological polar surface area (TPSA) is 58.4 Å². The highest BCUT2D eigenvalue weighted by Gasteiger charge is 2.25. The highest BCUT2D eigenvalue weighted by atomic mass is 79.9. The number of hydrogen-bond donors (Lipinski definition) is 1. The van der Waals surface area contributed by atoms with Crippen LogP contribution in [-0.2, 0) is 0 Å². The highest BCUT2D eigenvalue weighted by Crippen LogP contribution is 2.30. The Bertz CT molecular complexity index is 643. The second-order valence-corrected chi connectivity index (χ2v) is 5.79. The van der Waals surface area contributed by atoms with E-state index >= 15 is 0 Å². The van der Waals surface area contributed by atoms with E-state index in [1.807, 2.05) is 12.1 Å². The number of nitro groups is 1. The third-order valence-electron chi connectivity index (χ3n) is 3.58. The molecule has 1 fully saturated rings. The van der Waals surface area contributed by atoms with Gasteiger partial charge in [-0.05, 0) is 29.8 Å². The Morgan fingerprint density at radius 1 is 1.14 bits per heavy atom. The maximum Gasteiger partial charge on any atom is 0.269 e. The van der Waals surface area contributed by atoms with Gasteiger partial charge in [-0.2, -0.15) is 0 Å². The number of nitrogens with one attached hydrogen (secondary N) is 1. The summed E-state index contributed by atoms with van der Waals surface area (Å²) in [7, 11) is 0. The van der Waals surface area contributed by atoms with Crippen molar-refractivity contribution in [2.45, 2.75) is 6.17 Å². The zero-order valence-corrected chi connectivity index (χ0v) is 12.8. The molecule has 5 nitrogen and oxygen atoms in total. The summed E-state index contributed by atoms with van der Waals surface area (Å²) in [5.41, 5.74) is 2.28. The van der Waals surface area contributed by atoms with Crippen molar-refractivity contribution >= 4 is 27.3 Å². The summed E-state index contributed by atoms with van der Waals surface area (Å²) in [5.74, 6) is 0. The second-order valence-electron chi connectivity index (χ2n) is 4.88. The molecular weight excluding hydrogens is 334 g/mol. The first-order chi connectivity index (χ1) is 10.1. The number of non-ortho nitro benzene ring substituents is 1. The SMILES string of the molecule is O=[N+]([O-])c1ccc(N2CCNC2c2ccc(Br)cc2)cc1. The number of anilines is 1. The van der Waals surface area contributed by atoms with Crippen LogP contribution < -0.4 is 10.2 Å². The van der Waals surface area contributed by atoms with Gasteiger partial charge >= 0.3 is 0 Å². The minimum absolute atomic E-state index is 0.0968. The van der Waals surface area contributed by atoms with Crippen molar-refractivity contribution in [1.82, 2.24) is 5.32 Å². The van der Waals surface area contributed by atoms with E-state index in [9.17, 15) is 10.1 Å². The molecule has 0 spiro atoms. The molecule has 1 unspecified atom stereocenters.